The summed E-state index contributed by atoms with van der Waals surface area (Å²) >= 11 is 6.29. The molecule has 160 valence electrons. The summed E-state index contributed by atoms with van der Waals surface area (Å²) in [5, 5.41) is 0.643. The number of halogens is 4. The van der Waals surface area contributed by atoms with Crippen molar-refractivity contribution < 1.29 is 18.0 Å². The molecule has 0 saturated carbocycles. The van der Waals surface area contributed by atoms with Crippen LogP contribution in [-0.4, -0.2) is 33.9 Å². The fourth-order valence-electron chi connectivity index (χ4n) is 4.25. The first kappa shape index (κ1) is 20.9. The van der Waals surface area contributed by atoms with Crippen LogP contribution in [-0.2, 0) is 24.1 Å². The minimum atomic E-state index is -4.42. The van der Waals surface area contributed by atoms with Gasteiger partial charge in [0.1, 0.15) is 0 Å². The Morgan fingerprint density at radius 3 is 2.77 bits per heavy atom. The van der Waals surface area contributed by atoms with E-state index in [1.54, 1.807) is 4.90 Å². The van der Waals surface area contributed by atoms with Crippen molar-refractivity contribution in [3.8, 4) is 0 Å². The van der Waals surface area contributed by atoms with E-state index in [0.717, 1.165) is 41.2 Å². The molecule has 9 heteroatoms. The average Bonchev–Trinajstić information content (AvgIpc) is 3.33. The van der Waals surface area contributed by atoms with E-state index < -0.39 is 11.7 Å². The van der Waals surface area contributed by atoms with Gasteiger partial charge in [0.25, 0.3) is 0 Å². The van der Waals surface area contributed by atoms with Crippen LogP contribution in [0.25, 0.3) is 0 Å². The highest BCUT2D eigenvalue weighted by atomic mass is 35.5. The Hall–Kier alpha value is -2.35. The third-order valence-electron chi connectivity index (χ3n) is 5.96. The lowest BCUT2D eigenvalue weighted by atomic mass is 10.0. The number of aryl methyl sites for hydroxylation is 1. The number of hydrogen-bond donors (Lipinski definition) is 0. The van der Waals surface area contributed by atoms with Crippen molar-refractivity contribution in [3.05, 3.63) is 51.6 Å². The quantitative estimate of drug-likeness (QED) is 0.706. The molecule has 4 rings (SSSR count). The maximum Gasteiger partial charge on any atom is 0.417 e. The van der Waals surface area contributed by atoms with Gasteiger partial charge >= 0.3 is 6.18 Å². The van der Waals surface area contributed by atoms with Crippen molar-refractivity contribution >= 4 is 23.2 Å². The zero-order chi connectivity index (χ0) is 21.6. The summed E-state index contributed by atoms with van der Waals surface area (Å²) in [6, 6.07) is 1.12. The number of rotatable bonds is 3. The lowest BCUT2D eigenvalue weighted by Gasteiger charge is -2.21. The number of carbonyl (C=O) groups excluding carboxylic acids is 1. The van der Waals surface area contributed by atoms with Crippen LogP contribution in [0.3, 0.4) is 0 Å². The second-order valence-electron chi connectivity index (χ2n) is 8.05. The highest BCUT2D eigenvalue weighted by Crippen LogP contribution is 2.34. The van der Waals surface area contributed by atoms with Gasteiger partial charge in [0.15, 0.2) is 0 Å². The predicted octanol–water partition coefficient (Wildman–Crippen LogP) is 4.52. The molecule has 2 aromatic rings. The van der Waals surface area contributed by atoms with Crippen molar-refractivity contribution in [1.29, 1.82) is 0 Å². The fourth-order valence-corrected chi connectivity index (χ4v) is 4.41. The Bertz CT molecular complexity index is 995. The maximum absolute atomic E-state index is 12.9. The first-order chi connectivity index (χ1) is 14.1. The van der Waals surface area contributed by atoms with Gasteiger partial charge in [0, 0.05) is 32.3 Å². The summed E-state index contributed by atoms with van der Waals surface area (Å²) in [5.41, 5.74) is 3.33. The number of carbonyl (C=O) groups is 1. The van der Waals surface area contributed by atoms with E-state index in [-0.39, 0.29) is 11.8 Å². The molecule has 4 heterocycles. The molecule has 0 radical (unpaired) electrons. The monoisotopic (exact) mass is 438 g/mol. The van der Waals surface area contributed by atoms with Crippen LogP contribution in [0, 0.1) is 19.8 Å². The van der Waals surface area contributed by atoms with E-state index in [1.807, 2.05) is 18.7 Å². The van der Waals surface area contributed by atoms with Crippen LogP contribution >= 0.6 is 11.6 Å². The van der Waals surface area contributed by atoms with Crippen LogP contribution in [0.5, 0.6) is 0 Å². The van der Waals surface area contributed by atoms with Gasteiger partial charge in [0.05, 0.1) is 40.4 Å². The topological polar surface area (TPSA) is 49.3 Å². The van der Waals surface area contributed by atoms with Gasteiger partial charge in [-0.2, -0.15) is 13.2 Å². The van der Waals surface area contributed by atoms with Gasteiger partial charge in [-0.25, -0.2) is 0 Å². The number of nitrogens with zero attached hydrogens (tertiary/aromatic N) is 4. The van der Waals surface area contributed by atoms with Crippen LogP contribution in [0.15, 0.2) is 18.5 Å². The summed E-state index contributed by atoms with van der Waals surface area (Å²) in [5.74, 6) is 0.130. The second-order valence-corrected chi connectivity index (χ2v) is 8.42. The molecule has 0 bridgehead atoms. The summed E-state index contributed by atoms with van der Waals surface area (Å²) in [6.45, 7) is 5.92. The van der Waals surface area contributed by atoms with E-state index in [9.17, 15) is 18.0 Å². The molecule has 30 heavy (non-hydrogen) atoms. The van der Waals surface area contributed by atoms with E-state index in [1.165, 1.54) is 6.20 Å². The largest absolute Gasteiger partial charge is 0.417 e. The minimum absolute atomic E-state index is 0.0372. The number of anilines is 1. The van der Waals surface area contributed by atoms with Crippen molar-refractivity contribution in [2.24, 2.45) is 5.92 Å². The molecule has 1 fully saturated rings. The normalized spacial score (nSPS) is 18.8. The third-order valence-corrected chi connectivity index (χ3v) is 6.52. The molecular formula is C21H22ClF3N4O. The van der Waals surface area contributed by atoms with Crippen LogP contribution < -0.4 is 4.90 Å². The summed E-state index contributed by atoms with van der Waals surface area (Å²) in [4.78, 5) is 24.8. The molecular weight excluding hydrogens is 417 g/mol. The molecule has 0 spiro atoms. The molecule has 1 unspecified atom stereocenters. The predicted molar refractivity (Wildman–Crippen MR) is 107 cm³/mol. The average molecular weight is 439 g/mol. The molecule has 2 aliphatic rings. The van der Waals surface area contributed by atoms with E-state index >= 15 is 0 Å². The molecule has 1 saturated heterocycles. The molecule has 1 amide bonds. The van der Waals surface area contributed by atoms with Gasteiger partial charge in [0.2, 0.25) is 5.91 Å². The minimum Gasteiger partial charge on any atom is -0.370 e. The van der Waals surface area contributed by atoms with Gasteiger partial charge in [-0.1, -0.05) is 11.6 Å². The zero-order valence-electron chi connectivity index (χ0n) is 16.8. The van der Waals surface area contributed by atoms with E-state index in [0.29, 0.717) is 43.3 Å². The molecule has 0 aliphatic carbocycles. The molecule has 1 atom stereocenters. The van der Waals surface area contributed by atoms with Crippen molar-refractivity contribution in [2.45, 2.75) is 46.0 Å². The number of fused-ring (bicyclic) bond motifs is 1. The van der Waals surface area contributed by atoms with Gasteiger partial charge in [-0.3, -0.25) is 14.8 Å². The number of aromatic nitrogens is 2. The molecule has 0 aromatic carbocycles. The maximum atomic E-state index is 12.9. The molecule has 2 aliphatic heterocycles. The van der Waals surface area contributed by atoms with E-state index in [4.69, 9.17) is 11.6 Å². The SMILES string of the molecule is Cc1nc2c(c(C)c1Cl)CN(C(=O)CC1CCN(c3cncc(C(F)(F)F)c3)C1)C2. The van der Waals surface area contributed by atoms with Crippen LogP contribution in [0.2, 0.25) is 5.02 Å². The summed E-state index contributed by atoms with van der Waals surface area (Å²) in [7, 11) is 0. The highest BCUT2D eigenvalue weighted by molar-refractivity contribution is 6.32. The lowest BCUT2D eigenvalue weighted by Crippen LogP contribution is -2.28. The number of alkyl halides is 3. The zero-order valence-corrected chi connectivity index (χ0v) is 17.5. The number of pyridine rings is 2. The van der Waals surface area contributed by atoms with Gasteiger partial charge in [-0.15, -0.1) is 0 Å². The smallest absolute Gasteiger partial charge is 0.370 e. The first-order valence-corrected chi connectivity index (χ1v) is 10.2. The number of amides is 1. The van der Waals surface area contributed by atoms with Crippen molar-refractivity contribution in [1.82, 2.24) is 14.9 Å². The van der Waals surface area contributed by atoms with Gasteiger partial charge in [-0.05, 0) is 43.4 Å². The van der Waals surface area contributed by atoms with Gasteiger partial charge < -0.3 is 9.80 Å². The summed E-state index contributed by atoms with van der Waals surface area (Å²) in [6.07, 6.45) is -1.03. The van der Waals surface area contributed by atoms with Crippen molar-refractivity contribution in [3.63, 3.8) is 0 Å². The second kappa shape index (κ2) is 7.72. The van der Waals surface area contributed by atoms with E-state index in [2.05, 4.69) is 9.97 Å². The van der Waals surface area contributed by atoms with Crippen LogP contribution in [0.1, 0.15) is 40.9 Å². The fraction of sp³-hybridized carbons (Fsp3) is 0.476. The Labute approximate surface area is 177 Å². The summed E-state index contributed by atoms with van der Waals surface area (Å²) < 4.78 is 38.8. The molecule has 5 nitrogen and oxygen atoms in total. The molecule has 0 N–H and O–H groups in total. The Morgan fingerprint density at radius 1 is 1.27 bits per heavy atom. The molecule has 2 aromatic heterocycles. The number of hydrogen-bond acceptors (Lipinski definition) is 4. The standard InChI is InChI=1S/C21H22ClF3N4O/c1-12-17-10-29(11-18(17)27-13(2)20(12)22)19(30)5-14-3-4-28(9-14)16-6-15(7-26-8-16)21(23,24)25/h6-8,14H,3-5,9-11H2,1-2H3. The lowest BCUT2D eigenvalue weighted by molar-refractivity contribution is -0.137. The first-order valence-electron chi connectivity index (χ1n) is 9.83. The Balaban J connectivity index is 1.39. The van der Waals surface area contributed by atoms with Crippen LogP contribution in [0.4, 0.5) is 18.9 Å². The van der Waals surface area contributed by atoms with Crippen molar-refractivity contribution in [2.75, 3.05) is 18.0 Å². The highest BCUT2D eigenvalue weighted by Gasteiger charge is 2.34. The Morgan fingerprint density at radius 2 is 2.03 bits per heavy atom. The Kier molecular flexibility index (Phi) is 5.38. The third kappa shape index (κ3) is 3.97.